The van der Waals surface area contributed by atoms with Crippen molar-refractivity contribution in [3.8, 4) is 11.3 Å². The van der Waals surface area contributed by atoms with E-state index < -0.39 is 0 Å². The van der Waals surface area contributed by atoms with Gasteiger partial charge in [-0.05, 0) is 35.9 Å². The molecule has 0 atom stereocenters. The van der Waals surface area contributed by atoms with Crippen LogP contribution in [-0.2, 0) is 17.8 Å². The van der Waals surface area contributed by atoms with Crippen molar-refractivity contribution in [3.63, 3.8) is 0 Å². The van der Waals surface area contributed by atoms with Gasteiger partial charge in [-0.15, -0.1) is 0 Å². The SMILES string of the molecule is O=C(/C=C/c1ccc(Cl)c(Cl)c1)N1CCc2[nH]nc(-c3ccc(Cl)cc3)c2C1. The number of amides is 1. The van der Waals surface area contributed by atoms with Gasteiger partial charge in [-0.1, -0.05) is 53.0 Å². The van der Waals surface area contributed by atoms with E-state index in [0.29, 0.717) is 28.2 Å². The molecule has 1 aliphatic heterocycles. The van der Waals surface area contributed by atoms with E-state index >= 15 is 0 Å². The van der Waals surface area contributed by atoms with Gasteiger partial charge >= 0.3 is 0 Å². The van der Waals surface area contributed by atoms with Crippen LogP contribution < -0.4 is 0 Å². The predicted octanol–water partition coefficient (Wildman–Crippen LogP) is 5.64. The Hall–Kier alpha value is -2.27. The lowest BCUT2D eigenvalue weighted by molar-refractivity contribution is -0.126. The van der Waals surface area contributed by atoms with Gasteiger partial charge in [0.05, 0.1) is 15.7 Å². The molecule has 4 rings (SSSR count). The number of rotatable bonds is 3. The molecule has 2 aromatic carbocycles. The van der Waals surface area contributed by atoms with E-state index in [2.05, 4.69) is 10.2 Å². The normalized spacial score (nSPS) is 13.8. The molecule has 1 aliphatic rings. The summed E-state index contributed by atoms with van der Waals surface area (Å²) in [6.45, 7) is 1.15. The zero-order chi connectivity index (χ0) is 19.7. The van der Waals surface area contributed by atoms with E-state index in [-0.39, 0.29) is 5.91 Å². The first-order chi connectivity index (χ1) is 13.5. The molecule has 0 aliphatic carbocycles. The highest BCUT2D eigenvalue weighted by molar-refractivity contribution is 6.42. The second kappa shape index (κ2) is 8.00. The second-order valence-electron chi connectivity index (χ2n) is 6.55. The Kier molecular flexibility index (Phi) is 5.44. The number of halogens is 3. The van der Waals surface area contributed by atoms with Crippen molar-refractivity contribution in [1.29, 1.82) is 0 Å². The predicted molar refractivity (Wildman–Crippen MR) is 114 cm³/mol. The van der Waals surface area contributed by atoms with Crippen LogP contribution in [0.3, 0.4) is 0 Å². The van der Waals surface area contributed by atoms with Gasteiger partial charge < -0.3 is 4.90 Å². The third kappa shape index (κ3) is 3.95. The summed E-state index contributed by atoms with van der Waals surface area (Å²) in [5, 5.41) is 9.18. The van der Waals surface area contributed by atoms with E-state index in [9.17, 15) is 4.79 Å². The average Bonchev–Trinajstić information content (AvgIpc) is 3.12. The van der Waals surface area contributed by atoms with Gasteiger partial charge in [0.25, 0.3) is 0 Å². The van der Waals surface area contributed by atoms with E-state index in [1.807, 2.05) is 35.2 Å². The van der Waals surface area contributed by atoms with E-state index in [1.165, 1.54) is 0 Å². The lowest BCUT2D eigenvalue weighted by Gasteiger charge is -2.26. The minimum atomic E-state index is -0.0556. The Morgan fingerprint density at radius 1 is 1.07 bits per heavy atom. The van der Waals surface area contributed by atoms with E-state index in [0.717, 1.165) is 34.5 Å². The number of carbonyl (C=O) groups is 1. The minimum Gasteiger partial charge on any atom is -0.334 e. The van der Waals surface area contributed by atoms with Crippen molar-refractivity contribution in [3.05, 3.63) is 80.4 Å². The summed E-state index contributed by atoms with van der Waals surface area (Å²) in [4.78, 5) is 14.5. The highest BCUT2D eigenvalue weighted by Gasteiger charge is 2.24. The van der Waals surface area contributed by atoms with Gasteiger partial charge in [0.2, 0.25) is 5.91 Å². The largest absolute Gasteiger partial charge is 0.334 e. The van der Waals surface area contributed by atoms with Gasteiger partial charge in [0.15, 0.2) is 0 Å². The number of aromatic nitrogens is 2. The number of fused-ring (bicyclic) bond motifs is 1. The lowest BCUT2D eigenvalue weighted by Crippen LogP contribution is -2.34. The van der Waals surface area contributed by atoms with Gasteiger partial charge in [-0.2, -0.15) is 5.10 Å². The monoisotopic (exact) mass is 431 g/mol. The lowest BCUT2D eigenvalue weighted by atomic mass is 10.0. The zero-order valence-electron chi connectivity index (χ0n) is 14.8. The van der Waals surface area contributed by atoms with Crippen LogP contribution in [0, 0.1) is 0 Å². The molecule has 1 N–H and O–H groups in total. The number of hydrogen-bond acceptors (Lipinski definition) is 2. The Bertz CT molecular complexity index is 1060. The standard InChI is InChI=1S/C21H16Cl3N3O/c22-15-5-3-14(4-6-15)21-16-12-27(10-9-19(16)25-26-21)20(28)8-2-13-1-7-17(23)18(24)11-13/h1-8,11H,9-10,12H2,(H,25,26)/b8-2+. The molecule has 0 fully saturated rings. The van der Waals surface area contributed by atoms with Crippen LogP contribution >= 0.6 is 34.8 Å². The number of nitrogens with zero attached hydrogens (tertiary/aromatic N) is 2. The molecule has 0 unspecified atom stereocenters. The quantitative estimate of drug-likeness (QED) is 0.545. The van der Waals surface area contributed by atoms with Crippen molar-refractivity contribution >= 4 is 46.8 Å². The van der Waals surface area contributed by atoms with Crippen LogP contribution in [0.5, 0.6) is 0 Å². The van der Waals surface area contributed by atoms with Crippen molar-refractivity contribution in [2.24, 2.45) is 0 Å². The topological polar surface area (TPSA) is 49.0 Å². The molecule has 3 aromatic rings. The maximum Gasteiger partial charge on any atom is 0.246 e. The molecule has 0 saturated heterocycles. The Labute approximate surface area is 177 Å². The Balaban J connectivity index is 1.52. The Morgan fingerprint density at radius 2 is 1.86 bits per heavy atom. The zero-order valence-corrected chi connectivity index (χ0v) is 17.0. The van der Waals surface area contributed by atoms with Crippen LogP contribution in [0.1, 0.15) is 16.8 Å². The summed E-state index contributed by atoms with van der Waals surface area (Å²) >= 11 is 17.9. The first kappa shape index (κ1) is 19.1. The fraction of sp³-hybridized carbons (Fsp3) is 0.143. The number of hydrogen-bond donors (Lipinski definition) is 1. The van der Waals surface area contributed by atoms with Crippen LogP contribution in [-0.4, -0.2) is 27.5 Å². The number of nitrogens with one attached hydrogen (secondary N) is 1. The molecular weight excluding hydrogens is 417 g/mol. The summed E-state index contributed by atoms with van der Waals surface area (Å²) in [5.74, 6) is -0.0556. The van der Waals surface area contributed by atoms with Crippen LogP contribution in [0.4, 0.5) is 0 Å². The van der Waals surface area contributed by atoms with E-state index in [4.69, 9.17) is 34.8 Å². The van der Waals surface area contributed by atoms with Crippen LogP contribution in [0.25, 0.3) is 17.3 Å². The molecule has 142 valence electrons. The highest BCUT2D eigenvalue weighted by Crippen LogP contribution is 2.29. The summed E-state index contributed by atoms with van der Waals surface area (Å²) < 4.78 is 0. The number of carbonyl (C=O) groups excluding carboxylic acids is 1. The summed E-state index contributed by atoms with van der Waals surface area (Å²) in [6.07, 6.45) is 4.05. The van der Waals surface area contributed by atoms with E-state index in [1.54, 1.807) is 24.3 Å². The van der Waals surface area contributed by atoms with Gasteiger partial charge in [0.1, 0.15) is 0 Å². The maximum absolute atomic E-state index is 12.7. The number of aromatic amines is 1. The first-order valence-electron chi connectivity index (χ1n) is 8.75. The average molecular weight is 433 g/mol. The fourth-order valence-electron chi connectivity index (χ4n) is 3.22. The number of benzene rings is 2. The molecule has 0 radical (unpaired) electrons. The minimum absolute atomic E-state index is 0.0556. The molecule has 2 heterocycles. The maximum atomic E-state index is 12.7. The van der Waals surface area contributed by atoms with Crippen LogP contribution in [0.2, 0.25) is 15.1 Å². The molecule has 1 aromatic heterocycles. The summed E-state index contributed by atoms with van der Waals surface area (Å²) in [6, 6.07) is 12.8. The summed E-state index contributed by atoms with van der Waals surface area (Å²) in [7, 11) is 0. The highest BCUT2D eigenvalue weighted by atomic mass is 35.5. The Morgan fingerprint density at radius 3 is 2.61 bits per heavy atom. The molecule has 7 heteroatoms. The number of H-pyrrole nitrogens is 1. The molecule has 0 saturated carbocycles. The van der Waals surface area contributed by atoms with Crippen molar-refractivity contribution < 1.29 is 4.79 Å². The van der Waals surface area contributed by atoms with Crippen molar-refractivity contribution in [1.82, 2.24) is 15.1 Å². The van der Waals surface area contributed by atoms with Crippen molar-refractivity contribution in [2.45, 2.75) is 13.0 Å². The van der Waals surface area contributed by atoms with Gasteiger partial charge in [-0.3, -0.25) is 9.89 Å². The second-order valence-corrected chi connectivity index (χ2v) is 7.80. The smallest absolute Gasteiger partial charge is 0.246 e. The molecular formula is C21H16Cl3N3O. The van der Waals surface area contributed by atoms with Crippen LogP contribution in [0.15, 0.2) is 48.5 Å². The summed E-state index contributed by atoms with van der Waals surface area (Å²) in [5.41, 5.74) is 4.78. The fourth-order valence-corrected chi connectivity index (χ4v) is 3.65. The van der Waals surface area contributed by atoms with Gasteiger partial charge in [-0.25, -0.2) is 0 Å². The third-order valence-electron chi connectivity index (χ3n) is 4.72. The molecule has 0 bridgehead atoms. The first-order valence-corrected chi connectivity index (χ1v) is 9.89. The third-order valence-corrected chi connectivity index (χ3v) is 5.72. The van der Waals surface area contributed by atoms with Gasteiger partial charge in [0, 0.05) is 47.4 Å². The molecule has 28 heavy (non-hydrogen) atoms. The molecule has 0 spiro atoms. The van der Waals surface area contributed by atoms with Crippen molar-refractivity contribution in [2.75, 3.05) is 6.54 Å². The molecule has 1 amide bonds. The molecule has 4 nitrogen and oxygen atoms in total.